The number of hydrogen-bond acceptors (Lipinski definition) is 4. The molecule has 2 amide bonds. The van der Waals surface area contributed by atoms with Gasteiger partial charge < -0.3 is 16.0 Å². The number of nitrogens with zero attached hydrogens (tertiary/aromatic N) is 2. The van der Waals surface area contributed by atoms with Crippen LogP contribution in [-0.4, -0.2) is 41.3 Å². The molecule has 18 heavy (non-hydrogen) atoms. The molecule has 0 radical (unpaired) electrons. The number of carbonyl (C=O) groups is 2. The molecule has 2 rings (SSSR count). The minimum absolute atomic E-state index is 0.0771. The standard InChI is InChI=1S/C12H16N4O2/c13-12(18)9-3-4-10(14-7-9)15-8-11(17)16-5-1-2-6-16/h3-4,7H,1-2,5-6,8H2,(H2,13,18)(H,14,15). The number of primary amides is 1. The molecular weight excluding hydrogens is 232 g/mol. The molecule has 0 spiro atoms. The highest BCUT2D eigenvalue weighted by atomic mass is 16.2. The molecule has 6 heteroatoms. The van der Waals surface area contributed by atoms with Gasteiger partial charge in [-0.15, -0.1) is 0 Å². The number of pyridine rings is 1. The summed E-state index contributed by atoms with van der Waals surface area (Å²) in [4.78, 5) is 28.5. The maximum atomic E-state index is 11.8. The first-order valence-corrected chi connectivity index (χ1v) is 5.94. The minimum Gasteiger partial charge on any atom is -0.366 e. The predicted octanol–water partition coefficient (Wildman–Crippen LogP) is 0.215. The molecule has 0 aliphatic carbocycles. The molecule has 2 heterocycles. The Balaban J connectivity index is 1.86. The molecule has 1 aromatic heterocycles. The molecular formula is C12H16N4O2. The number of nitrogens with one attached hydrogen (secondary N) is 1. The maximum absolute atomic E-state index is 11.8. The zero-order chi connectivity index (χ0) is 13.0. The zero-order valence-corrected chi connectivity index (χ0v) is 10.1. The van der Waals surface area contributed by atoms with Gasteiger partial charge in [0.15, 0.2) is 0 Å². The van der Waals surface area contributed by atoms with Gasteiger partial charge in [-0.05, 0) is 25.0 Å². The van der Waals surface area contributed by atoms with Crippen molar-refractivity contribution in [3.05, 3.63) is 23.9 Å². The Kier molecular flexibility index (Phi) is 3.76. The first-order valence-electron chi connectivity index (χ1n) is 5.94. The number of hydrogen-bond donors (Lipinski definition) is 2. The highest BCUT2D eigenvalue weighted by molar-refractivity contribution is 5.92. The number of anilines is 1. The Labute approximate surface area is 105 Å². The van der Waals surface area contributed by atoms with Crippen LogP contribution in [0.15, 0.2) is 18.3 Å². The third kappa shape index (κ3) is 2.97. The Morgan fingerprint density at radius 1 is 1.33 bits per heavy atom. The second-order valence-electron chi connectivity index (χ2n) is 4.24. The van der Waals surface area contributed by atoms with Crippen LogP contribution in [0.5, 0.6) is 0 Å². The van der Waals surface area contributed by atoms with E-state index in [1.807, 2.05) is 4.90 Å². The van der Waals surface area contributed by atoms with Gasteiger partial charge in [-0.3, -0.25) is 9.59 Å². The molecule has 0 aromatic carbocycles. The summed E-state index contributed by atoms with van der Waals surface area (Å²) in [6.07, 6.45) is 3.56. The second-order valence-corrected chi connectivity index (χ2v) is 4.24. The van der Waals surface area contributed by atoms with Crippen molar-refractivity contribution in [2.24, 2.45) is 5.73 Å². The van der Waals surface area contributed by atoms with Crippen molar-refractivity contribution < 1.29 is 9.59 Å². The molecule has 1 aliphatic heterocycles. The van der Waals surface area contributed by atoms with Crippen molar-refractivity contribution in [3.8, 4) is 0 Å². The Bertz CT molecular complexity index is 438. The normalized spacial score (nSPS) is 14.6. The van der Waals surface area contributed by atoms with E-state index in [4.69, 9.17) is 5.73 Å². The lowest BCUT2D eigenvalue weighted by Crippen LogP contribution is -2.33. The summed E-state index contributed by atoms with van der Waals surface area (Å²) in [5, 5.41) is 2.93. The Hall–Kier alpha value is -2.11. The van der Waals surface area contributed by atoms with Gasteiger partial charge in [0.05, 0.1) is 12.1 Å². The largest absolute Gasteiger partial charge is 0.366 e. The van der Waals surface area contributed by atoms with Gasteiger partial charge in [0, 0.05) is 19.3 Å². The first kappa shape index (κ1) is 12.3. The number of rotatable bonds is 4. The molecule has 0 atom stereocenters. The summed E-state index contributed by atoms with van der Waals surface area (Å²) < 4.78 is 0. The summed E-state index contributed by atoms with van der Waals surface area (Å²) >= 11 is 0. The molecule has 0 unspecified atom stereocenters. The van der Waals surface area contributed by atoms with Crippen LogP contribution in [0.2, 0.25) is 0 Å². The van der Waals surface area contributed by atoms with Crippen LogP contribution in [0, 0.1) is 0 Å². The van der Waals surface area contributed by atoms with Crippen LogP contribution in [0.3, 0.4) is 0 Å². The van der Waals surface area contributed by atoms with Crippen LogP contribution in [0.4, 0.5) is 5.82 Å². The predicted molar refractivity (Wildman–Crippen MR) is 67.1 cm³/mol. The van der Waals surface area contributed by atoms with Gasteiger partial charge in [-0.2, -0.15) is 0 Å². The highest BCUT2D eigenvalue weighted by Gasteiger charge is 2.17. The van der Waals surface area contributed by atoms with Crippen LogP contribution >= 0.6 is 0 Å². The summed E-state index contributed by atoms with van der Waals surface area (Å²) in [6, 6.07) is 3.22. The van der Waals surface area contributed by atoms with Crippen LogP contribution in [-0.2, 0) is 4.79 Å². The lowest BCUT2D eigenvalue weighted by molar-refractivity contribution is -0.128. The smallest absolute Gasteiger partial charge is 0.250 e. The molecule has 6 nitrogen and oxygen atoms in total. The van der Waals surface area contributed by atoms with Crippen molar-refractivity contribution in [1.82, 2.24) is 9.88 Å². The first-order chi connectivity index (χ1) is 8.66. The summed E-state index contributed by atoms with van der Waals surface area (Å²) in [5.74, 6) is 0.128. The van der Waals surface area contributed by atoms with E-state index in [-0.39, 0.29) is 12.5 Å². The van der Waals surface area contributed by atoms with Crippen molar-refractivity contribution in [1.29, 1.82) is 0 Å². The van der Waals surface area contributed by atoms with Crippen molar-refractivity contribution in [3.63, 3.8) is 0 Å². The number of likely N-dealkylation sites (tertiary alicyclic amines) is 1. The molecule has 0 saturated carbocycles. The second kappa shape index (κ2) is 5.48. The number of carbonyl (C=O) groups excluding carboxylic acids is 2. The number of amides is 2. The van der Waals surface area contributed by atoms with Crippen LogP contribution < -0.4 is 11.1 Å². The monoisotopic (exact) mass is 248 g/mol. The van der Waals surface area contributed by atoms with Gasteiger partial charge in [0.25, 0.3) is 0 Å². The SMILES string of the molecule is NC(=O)c1ccc(NCC(=O)N2CCCC2)nc1. The van der Waals surface area contributed by atoms with E-state index >= 15 is 0 Å². The number of aromatic nitrogens is 1. The van der Waals surface area contributed by atoms with E-state index < -0.39 is 5.91 Å². The maximum Gasteiger partial charge on any atom is 0.250 e. The zero-order valence-electron chi connectivity index (χ0n) is 10.1. The van der Waals surface area contributed by atoms with E-state index in [1.54, 1.807) is 12.1 Å². The van der Waals surface area contributed by atoms with E-state index in [9.17, 15) is 9.59 Å². The minimum atomic E-state index is -0.512. The van der Waals surface area contributed by atoms with Gasteiger partial charge in [-0.1, -0.05) is 0 Å². The van der Waals surface area contributed by atoms with E-state index in [0.717, 1.165) is 25.9 Å². The molecule has 0 bridgehead atoms. The molecule has 1 saturated heterocycles. The van der Waals surface area contributed by atoms with Crippen molar-refractivity contribution in [2.45, 2.75) is 12.8 Å². The lowest BCUT2D eigenvalue weighted by atomic mass is 10.3. The lowest BCUT2D eigenvalue weighted by Gasteiger charge is -2.15. The van der Waals surface area contributed by atoms with Gasteiger partial charge in [0.2, 0.25) is 11.8 Å². The molecule has 1 aromatic rings. The van der Waals surface area contributed by atoms with Crippen LogP contribution in [0.25, 0.3) is 0 Å². The average molecular weight is 248 g/mol. The summed E-state index contributed by atoms with van der Waals surface area (Å²) in [6.45, 7) is 1.91. The highest BCUT2D eigenvalue weighted by Crippen LogP contribution is 2.08. The van der Waals surface area contributed by atoms with Gasteiger partial charge in [-0.25, -0.2) is 4.98 Å². The van der Waals surface area contributed by atoms with E-state index in [0.29, 0.717) is 11.4 Å². The quantitative estimate of drug-likeness (QED) is 0.797. The summed E-state index contributed by atoms with van der Waals surface area (Å²) in [5.41, 5.74) is 5.46. The molecule has 1 fully saturated rings. The molecule has 1 aliphatic rings. The Morgan fingerprint density at radius 3 is 2.61 bits per heavy atom. The van der Waals surface area contributed by atoms with Crippen LogP contribution in [0.1, 0.15) is 23.2 Å². The average Bonchev–Trinajstić information content (AvgIpc) is 2.90. The molecule has 96 valence electrons. The van der Waals surface area contributed by atoms with Crippen molar-refractivity contribution >= 4 is 17.6 Å². The Morgan fingerprint density at radius 2 is 2.06 bits per heavy atom. The van der Waals surface area contributed by atoms with E-state index in [1.165, 1.54) is 6.20 Å². The third-order valence-electron chi connectivity index (χ3n) is 2.93. The fourth-order valence-electron chi connectivity index (χ4n) is 1.89. The fourth-order valence-corrected chi connectivity index (χ4v) is 1.89. The van der Waals surface area contributed by atoms with Crippen molar-refractivity contribution in [2.75, 3.05) is 25.0 Å². The van der Waals surface area contributed by atoms with Gasteiger partial charge >= 0.3 is 0 Å². The topological polar surface area (TPSA) is 88.3 Å². The van der Waals surface area contributed by atoms with Gasteiger partial charge in [0.1, 0.15) is 5.82 Å². The third-order valence-corrected chi connectivity index (χ3v) is 2.93. The van der Waals surface area contributed by atoms with E-state index in [2.05, 4.69) is 10.3 Å². The summed E-state index contributed by atoms with van der Waals surface area (Å²) in [7, 11) is 0. The fraction of sp³-hybridized carbons (Fsp3) is 0.417. The molecule has 3 N–H and O–H groups in total. The number of nitrogens with two attached hydrogens (primary N) is 1.